The summed E-state index contributed by atoms with van der Waals surface area (Å²) < 4.78 is 5.38. The highest BCUT2D eigenvalue weighted by Crippen LogP contribution is 2.29. The van der Waals surface area contributed by atoms with Crippen LogP contribution in [0.1, 0.15) is 26.2 Å². The van der Waals surface area contributed by atoms with Gasteiger partial charge in [0.15, 0.2) is 0 Å². The summed E-state index contributed by atoms with van der Waals surface area (Å²) in [6.45, 7) is 3.69. The molecule has 1 heterocycles. The summed E-state index contributed by atoms with van der Waals surface area (Å²) in [5.74, 6) is -0.0823. The summed E-state index contributed by atoms with van der Waals surface area (Å²) in [4.78, 5) is 10.7. The normalized spacial score (nSPS) is 22.7. The molecule has 2 nitrogen and oxygen atoms in total. The summed E-state index contributed by atoms with van der Waals surface area (Å²) >= 11 is 0. The molecule has 0 atom stereocenters. The van der Waals surface area contributed by atoms with Crippen LogP contribution in [-0.4, -0.2) is 14.3 Å². The summed E-state index contributed by atoms with van der Waals surface area (Å²) in [5.41, 5.74) is 0. The average molecular weight is 172 g/mol. The molecule has 1 aliphatic heterocycles. The highest BCUT2D eigenvalue weighted by atomic mass is 28.4. The quantitative estimate of drug-likeness (QED) is 0.567. The van der Waals surface area contributed by atoms with Gasteiger partial charge in [-0.3, -0.25) is 4.79 Å². The maximum Gasteiger partial charge on any atom is 0.289 e. The molecular formula is C8H16O2Si. The van der Waals surface area contributed by atoms with E-state index >= 15 is 0 Å². The fourth-order valence-corrected chi connectivity index (χ4v) is 4.89. The van der Waals surface area contributed by atoms with Crippen molar-refractivity contribution in [2.75, 3.05) is 0 Å². The van der Waals surface area contributed by atoms with Crippen LogP contribution in [0.5, 0.6) is 0 Å². The molecule has 0 aromatic carbocycles. The summed E-state index contributed by atoms with van der Waals surface area (Å²) in [7, 11) is -1.55. The zero-order valence-corrected chi connectivity index (χ0v) is 8.35. The van der Waals surface area contributed by atoms with Crippen LogP contribution in [0, 0.1) is 0 Å². The number of carbonyl (C=O) groups excluding carboxylic acids is 1. The molecule has 0 amide bonds. The Kier molecular flexibility index (Phi) is 2.71. The van der Waals surface area contributed by atoms with Crippen LogP contribution in [0.15, 0.2) is 0 Å². The largest absolute Gasteiger partial charge is 0.520 e. The number of carbonyl (C=O) groups is 1. The predicted octanol–water partition coefficient (Wildman–Crippen LogP) is 2.31. The molecule has 0 spiro atoms. The second-order valence-electron chi connectivity index (χ2n) is 3.60. The van der Waals surface area contributed by atoms with E-state index < -0.39 is 8.32 Å². The van der Waals surface area contributed by atoms with Crippen molar-refractivity contribution >= 4 is 14.3 Å². The highest BCUT2D eigenvalue weighted by Gasteiger charge is 2.33. The standard InChI is InChI=1S/C8H16O2Si/c1-8(9)10-11(2)6-4-3-5-7-11/h3-7H2,1-2H3. The Morgan fingerprint density at radius 3 is 2.27 bits per heavy atom. The van der Waals surface area contributed by atoms with Crippen molar-refractivity contribution in [2.24, 2.45) is 0 Å². The van der Waals surface area contributed by atoms with E-state index in [0.29, 0.717) is 0 Å². The van der Waals surface area contributed by atoms with Crippen molar-refractivity contribution in [3.05, 3.63) is 0 Å². The van der Waals surface area contributed by atoms with Crippen molar-refractivity contribution in [1.82, 2.24) is 0 Å². The van der Waals surface area contributed by atoms with E-state index in [1.165, 1.54) is 38.3 Å². The van der Waals surface area contributed by atoms with Crippen LogP contribution < -0.4 is 0 Å². The third kappa shape index (κ3) is 2.65. The molecule has 64 valence electrons. The van der Waals surface area contributed by atoms with Gasteiger partial charge in [-0.1, -0.05) is 19.3 Å². The lowest BCUT2D eigenvalue weighted by Gasteiger charge is -2.29. The van der Waals surface area contributed by atoms with Gasteiger partial charge in [0.25, 0.3) is 14.3 Å². The highest BCUT2D eigenvalue weighted by molar-refractivity contribution is 6.74. The Hall–Kier alpha value is -0.313. The van der Waals surface area contributed by atoms with E-state index in [4.69, 9.17) is 4.43 Å². The molecule has 1 aliphatic rings. The Morgan fingerprint density at radius 2 is 1.82 bits per heavy atom. The van der Waals surface area contributed by atoms with Gasteiger partial charge >= 0.3 is 0 Å². The fourth-order valence-electron chi connectivity index (χ4n) is 1.75. The van der Waals surface area contributed by atoms with E-state index in [0.717, 1.165) is 0 Å². The molecule has 3 heteroatoms. The molecule has 0 aromatic rings. The summed E-state index contributed by atoms with van der Waals surface area (Å²) in [6.07, 6.45) is 3.84. The van der Waals surface area contributed by atoms with Crippen LogP contribution in [0.3, 0.4) is 0 Å². The smallest absolute Gasteiger partial charge is 0.289 e. The van der Waals surface area contributed by atoms with E-state index in [9.17, 15) is 4.79 Å². The van der Waals surface area contributed by atoms with Gasteiger partial charge in [-0.05, 0) is 18.6 Å². The average Bonchev–Trinajstić information content (AvgIpc) is 1.85. The van der Waals surface area contributed by atoms with Crippen LogP contribution in [0.4, 0.5) is 0 Å². The van der Waals surface area contributed by atoms with Crippen molar-refractivity contribution in [3.8, 4) is 0 Å². The first kappa shape index (κ1) is 8.78. The Morgan fingerprint density at radius 1 is 1.27 bits per heavy atom. The van der Waals surface area contributed by atoms with Crippen molar-refractivity contribution in [2.45, 2.75) is 44.8 Å². The third-order valence-corrected chi connectivity index (χ3v) is 5.90. The molecule has 1 rings (SSSR count). The second-order valence-corrected chi connectivity index (χ2v) is 7.71. The summed E-state index contributed by atoms with van der Waals surface area (Å²) in [6, 6.07) is 2.35. The SMILES string of the molecule is CC(=O)O[Si]1(C)CCCCC1. The molecule has 11 heavy (non-hydrogen) atoms. The van der Waals surface area contributed by atoms with E-state index in [1.807, 2.05) is 0 Å². The van der Waals surface area contributed by atoms with Gasteiger partial charge in [0, 0.05) is 6.92 Å². The zero-order valence-electron chi connectivity index (χ0n) is 7.35. The third-order valence-electron chi connectivity index (χ3n) is 2.30. The van der Waals surface area contributed by atoms with Gasteiger partial charge in [-0.15, -0.1) is 0 Å². The minimum absolute atomic E-state index is 0.0823. The van der Waals surface area contributed by atoms with Gasteiger partial charge in [-0.25, -0.2) is 0 Å². The molecule has 0 saturated carbocycles. The van der Waals surface area contributed by atoms with Gasteiger partial charge in [-0.2, -0.15) is 0 Å². The lowest BCUT2D eigenvalue weighted by Crippen LogP contribution is -2.37. The van der Waals surface area contributed by atoms with Crippen molar-refractivity contribution < 1.29 is 9.22 Å². The molecule has 0 radical (unpaired) electrons. The molecule has 0 bridgehead atoms. The fraction of sp³-hybridized carbons (Fsp3) is 0.875. The van der Waals surface area contributed by atoms with Crippen LogP contribution in [0.2, 0.25) is 18.6 Å². The molecular weight excluding hydrogens is 156 g/mol. The Labute approximate surface area is 69.1 Å². The maximum atomic E-state index is 10.7. The van der Waals surface area contributed by atoms with Gasteiger partial charge < -0.3 is 4.43 Å². The van der Waals surface area contributed by atoms with Crippen LogP contribution >= 0.6 is 0 Å². The van der Waals surface area contributed by atoms with Crippen LogP contribution in [0.25, 0.3) is 0 Å². The Balaban J connectivity index is 2.43. The first-order valence-electron chi connectivity index (χ1n) is 4.32. The molecule has 0 aromatic heterocycles. The molecule has 0 unspecified atom stereocenters. The van der Waals surface area contributed by atoms with Crippen molar-refractivity contribution in [3.63, 3.8) is 0 Å². The van der Waals surface area contributed by atoms with E-state index in [2.05, 4.69) is 6.55 Å². The maximum absolute atomic E-state index is 10.7. The molecule has 0 aliphatic carbocycles. The summed E-state index contributed by atoms with van der Waals surface area (Å²) in [5, 5.41) is 0. The number of rotatable bonds is 1. The number of hydrogen-bond donors (Lipinski definition) is 0. The van der Waals surface area contributed by atoms with Crippen LogP contribution in [-0.2, 0) is 9.22 Å². The minimum Gasteiger partial charge on any atom is -0.520 e. The van der Waals surface area contributed by atoms with Gasteiger partial charge in [0.2, 0.25) is 0 Å². The molecule has 0 N–H and O–H groups in total. The lowest BCUT2D eigenvalue weighted by atomic mass is 10.3. The lowest BCUT2D eigenvalue weighted by molar-refractivity contribution is -0.132. The van der Waals surface area contributed by atoms with Crippen molar-refractivity contribution in [1.29, 1.82) is 0 Å². The van der Waals surface area contributed by atoms with E-state index in [1.54, 1.807) is 0 Å². The van der Waals surface area contributed by atoms with E-state index in [-0.39, 0.29) is 5.97 Å². The first-order chi connectivity index (χ1) is 5.12. The predicted molar refractivity (Wildman–Crippen MR) is 46.8 cm³/mol. The first-order valence-corrected chi connectivity index (χ1v) is 7.14. The second kappa shape index (κ2) is 3.39. The van der Waals surface area contributed by atoms with Gasteiger partial charge in [0.1, 0.15) is 0 Å². The topological polar surface area (TPSA) is 26.3 Å². The monoisotopic (exact) mass is 172 g/mol. The number of hydrogen-bond acceptors (Lipinski definition) is 2. The Bertz CT molecular complexity index is 150. The molecule has 1 saturated heterocycles. The molecule has 1 fully saturated rings. The zero-order chi connectivity index (χ0) is 8.32. The minimum atomic E-state index is -1.55. The van der Waals surface area contributed by atoms with Gasteiger partial charge in [0.05, 0.1) is 0 Å².